The molecule has 0 aliphatic rings. The minimum Gasteiger partial charge on any atom is -0.507 e. The van der Waals surface area contributed by atoms with Crippen molar-refractivity contribution in [1.82, 2.24) is 10.4 Å². The first-order valence-corrected chi connectivity index (χ1v) is 9.08. The van der Waals surface area contributed by atoms with E-state index in [4.69, 9.17) is 9.47 Å². The number of nitrogens with zero attached hydrogens (tertiary/aromatic N) is 3. The molecule has 0 atom stereocenters. The number of phenols is 1. The molecule has 0 saturated heterocycles. The van der Waals surface area contributed by atoms with E-state index < -0.39 is 5.91 Å². The molecule has 8 nitrogen and oxygen atoms in total. The van der Waals surface area contributed by atoms with Gasteiger partial charge in [-0.3, -0.25) is 4.79 Å². The Morgan fingerprint density at radius 3 is 2.90 bits per heavy atom. The number of carbonyl (C=O) groups is 1. The first kappa shape index (κ1) is 20.8. The van der Waals surface area contributed by atoms with Gasteiger partial charge in [0.25, 0.3) is 5.91 Å². The molecule has 152 valence electrons. The maximum absolute atomic E-state index is 12.1. The summed E-state index contributed by atoms with van der Waals surface area (Å²) in [4.78, 5) is 16.3. The average Bonchev–Trinajstić information content (AvgIpc) is 2.74. The van der Waals surface area contributed by atoms with Gasteiger partial charge in [-0.05, 0) is 29.8 Å². The van der Waals surface area contributed by atoms with Crippen molar-refractivity contribution in [2.75, 3.05) is 13.7 Å². The highest BCUT2D eigenvalue weighted by Crippen LogP contribution is 2.25. The molecule has 0 unspecified atom stereocenters. The fraction of sp³-hybridized carbons (Fsp3) is 0.182. The molecule has 0 radical (unpaired) electrons. The van der Waals surface area contributed by atoms with Crippen LogP contribution in [0.2, 0.25) is 0 Å². The number of methoxy groups -OCH3 is 1. The van der Waals surface area contributed by atoms with E-state index >= 15 is 0 Å². The van der Waals surface area contributed by atoms with E-state index in [1.807, 2.05) is 30.3 Å². The van der Waals surface area contributed by atoms with Crippen molar-refractivity contribution in [2.24, 2.45) is 5.10 Å². The van der Waals surface area contributed by atoms with Gasteiger partial charge in [-0.2, -0.15) is 10.4 Å². The molecule has 3 rings (SSSR count). The quantitative estimate of drug-likeness (QED) is 0.462. The number of carbonyl (C=O) groups excluding carboxylic acids is 1. The van der Waals surface area contributed by atoms with Crippen LogP contribution in [-0.2, 0) is 16.1 Å². The number of amides is 1. The number of aromatic hydroxyl groups is 1. The molecule has 1 aromatic heterocycles. The monoisotopic (exact) mass is 404 g/mol. The van der Waals surface area contributed by atoms with Gasteiger partial charge in [-0.15, -0.1) is 0 Å². The van der Waals surface area contributed by atoms with Gasteiger partial charge < -0.3 is 14.6 Å². The molecule has 1 heterocycles. The second-order valence-electron chi connectivity index (χ2n) is 6.45. The summed E-state index contributed by atoms with van der Waals surface area (Å²) in [5, 5.41) is 25.1. The van der Waals surface area contributed by atoms with Crippen molar-refractivity contribution in [3.8, 4) is 17.7 Å². The third kappa shape index (κ3) is 4.71. The van der Waals surface area contributed by atoms with Crippen LogP contribution in [0.15, 0.2) is 47.6 Å². The van der Waals surface area contributed by atoms with Gasteiger partial charge in [-0.1, -0.05) is 30.3 Å². The SMILES string of the molecule is COCc1cc(C)nc(OCC(=O)NN=Cc2c(O)ccc3ccccc23)c1C#N. The minimum atomic E-state index is -0.536. The molecule has 1 amide bonds. The van der Waals surface area contributed by atoms with E-state index in [2.05, 4.69) is 15.5 Å². The van der Waals surface area contributed by atoms with Gasteiger partial charge in [0.2, 0.25) is 5.88 Å². The van der Waals surface area contributed by atoms with Gasteiger partial charge >= 0.3 is 0 Å². The number of fused-ring (bicyclic) bond motifs is 1. The molecule has 0 bridgehead atoms. The van der Waals surface area contributed by atoms with Crippen LogP contribution in [0.5, 0.6) is 11.6 Å². The predicted octanol–water partition coefficient (Wildman–Crippen LogP) is 2.80. The van der Waals surface area contributed by atoms with Crippen molar-refractivity contribution in [3.63, 3.8) is 0 Å². The summed E-state index contributed by atoms with van der Waals surface area (Å²) in [5.74, 6) is -0.418. The van der Waals surface area contributed by atoms with E-state index in [1.165, 1.54) is 13.3 Å². The number of ether oxygens (including phenoxy) is 2. The second kappa shape index (κ2) is 9.49. The lowest BCUT2D eigenvalue weighted by atomic mass is 10.0. The molecule has 30 heavy (non-hydrogen) atoms. The van der Waals surface area contributed by atoms with Crippen molar-refractivity contribution in [2.45, 2.75) is 13.5 Å². The largest absolute Gasteiger partial charge is 0.507 e. The number of rotatable bonds is 7. The van der Waals surface area contributed by atoms with Crippen molar-refractivity contribution in [3.05, 3.63) is 64.8 Å². The lowest BCUT2D eigenvalue weighted by Gasteiger charge is -2.10. The third-order valence-electron chi connectivity index (χ3n) is 4.28. The maximum Gasteiger partial charge on any atom is 0.278 e. The Bertz CT molecular complexity index is 1150. The maximum atomic E-state index is 12.1. The van der Waals surface area contributed by atoms with Crippen LogP contribution in [0.25, 0.3) is 10.8 Å². The van der Waals surface area contributed by atoms with Gasteiger partial charge in [0.05, 0.1) is 12.8 Å². The molecule has 2 aromatic carbocycles. The Labute approximate surface area is 173 Å². The molecule has 2 N–H and O–H groups in total. The van der Waals surface area contributed by atoms with Gasteiger partial charge in [-0.25, -0.2) is 10.4 Å². The standard InChI is InChI=1S/C22H20N4O4/c1-14-9-16(12-29-2)18(10-23)22(25-14)30-13-21(28)26-24-11-19-17-6-4-3-5-15(17)7-8-20(19)27/h3-9,11,27H,12-13H2,1-2H3,(H,26,28). The normalized spacial score (nSPS) is 10.8. The summed E-state index contributed by atoms with van der Waals surface area (Å²) >= 11 is 0. The Balaban J connectivity index is 1.68. The van der Waals surface area contributed by atoms with Crippen molar-refractivity contribution >= 4 is 22.9 Å². The van der Waals surface area contributed by atoms with Gasteiger partial charge in [0, 0.05) is 23.9 Å². The molecule has 0 aliphatic carbocycles. The topological polar surface area (TPSA) is 117 Å². The van der Waals surface area contributed by atoms with Crippen LogP contribution in [0, 0.1) is 18.3 Å². The Hall–Kier alpha value is -3.96. The molecule has 0 saturated carbocycles. The van der Waals surface area contributed by atoms with E-state index in [1.54, 1.807) is 25.1 Å². The van der Waals surface area contributed by atoms with Crippen molar-refractivity contribution < 1.29 is 19.4 Å². The number of pyridine rings is 1. The number of nitrogens with one attached hydrogen (secondary N) is 1. The number of aryl methyl sites for hydroxylation is 1. The number of benzene rings is 2. The summed E-state index contributed by atoms with van der Waals surface area (Å²) in [7, 11) is 1.52. The number of phenolic OH excluding ortho intramolecular Hbond substituents is 1. The zero-order valence-corrected chi connectivity index (χ0v) is 16.5. The molecule has 8 heteroatoms. The molecular weight excluding hydrogens is 384 g/mol. The van der Waals surface area contributed by atoms with Crippen LogP contribution in [-0.4, -0.2) is 35.9 Å². The number of hydrogen-bond donors (Lipinski definition) is 2. The number of aromatic nitrogens is 1. The smallest absolute Gasteiger partial charge is 0.278 e. The first-order chi connectivity index (χ1) is 14.5. The summed E-state index contributed by atoms with van der Waals surface area (Å²) in [5.41, 5.74) is 4.33. The van der Waals surface area contributed by atoms with E-state index in [0.717, 1.165) is 10.8 Å². The van der Waals surface area contributed by atoms with Gasteiger partial charge in [0.15, 0.2) is 6.61 Å². The van der Waals surface area contributed by atoms with E-state index in [9.17, 15) is 15.2 Å². The highest BCUT2D eigenvalue weighted by Gasteiger charge is 2.14. The predicted molar refractivity (Wildman–Crippen MR) is 111 cm³/mol. The fourth-order valence-electron chi connectivity index (χ4n) is 2.96. The van der Waals surface area contributed by atoms with Crippen molar-refractivity contribution in [1.29, 1.82) is 5.26 Å². The van der Waals surface area contributed by atoms with Crippen LogP contribution in [0.3, 0.4) is 0 Å². The molecule has 0 spiro atoms. The summed E-state index contributed by atoms with van der Waals surface area (Å²) in [6, 6.07) is 14.6. The highest BCUT2D eigenvalue weighted by atomic mass is 16.5. The van der Waals surface area contributed by atoms with Gasteiger partial charge in [0.1, 0.15) is 17.4 Å². The molecule has 0 fully saturated rings. The highest BCUT2D eigenvalue weighted by molar-refractivity contribution is 6.02. The Morgan fingerprint density at radius 2 is 2.13 bits per heavy atom. The molecule has 3 aromatic rings. The summed E-state index contributed by atoms with van der Waals surface area (Å²) < 4.78 is 10.5. The van der Waals surface area contributed by atoms with E-state index in [-0.39, 0.29) is 30.4 Å². The number of nitriles is 1. The molecule has 0 aliphatic heterocycles. The lowest BCUT2D eigenvalue weighted by Crippen LogP contribution is -2.25. The summed E-state index contributed by atoms with van der Waals surface area (Å²) in [6.45, 7) is 1.61. The average molecular weight is 404 g/mol. The Kier molecular flexibility index (Phi) is 6.57. The first-order valence-electron chi connectivity index (χ1n) is 9.08. The zero-order chi connectivity index (χ0) is 21.5. The van der Waals surface area contributed by atoms with Crippen LogP contribution in [0.1, 0.15) is 22.4 Å². The molecular formula is C22H20N4O4. The third-order valence-corrected chi connectivity index (χ3v) is 4.28. The minimum absolute atomic E-state index is 0.0521. The van der Waals surface area contributed by atoms with E-state index in [0.29, 0.717) is 16.8 Å². The second-order valence-corrected chi connectivity index (χ2v) is 6.45. The number of hydrogen-bond acceptors (Lipinski definition) is 7. The summed E-state index contributed by atoms with van der Waals surface area (Å²) in [6.07, 6.45) is 1.37. The van der Waals surface area contributed by atoms with Crippen LogP contribution in [0.4, 0.5) is 0 Å². The Morgan fingerprint density at radius 1 is 1.33 bits per heavy atom. The lowest BCUT2D eigenvalue weighted by molar-refractivity contribution is -0.123. The fourth-order valence-corrected chi connectivity index (χ4v) is 2.96. The number of hydrazone groups is 1. The van der Waals surface area contributed by atoms with Crippen LogP contribution < -0.4 is 10.2 Å². The zero-order valence-electron chi connectivity index (χ0n) is 16.5. The van der Waals surface area contributed by atoms with Crippen LogP contribution >= 0.6 is 0 Å².